The highest BCUT2D eigenvalue weighted by Crippen LogP contribution is 2.47. The lowest BCUT2D eigenvalue weighted by Gasteiger charge is -2.25. The van der Waals surface area contributed by atoms with Gasteiger partial charge in [0.05, 0.1) is 32.8 Å². The van der Waals surface area contributed by atoms with Gasteiger partial charge in [-0.05, 0) is 32.2 Å². The zero-order chi connectivity index (χ0) is 19.5. The second kappa shape index (κ2) is 6.91. The molecule has 1 aromatic carbocycles. The Hall–Kier alpha value is -0.800. The summed E-state index contributed by atoms with van der Waals surface area (Å²) in [6.45, 7) is 3.46. The Labute approximate surface area is 170 Å². The molecule has 2 unspecified atom stereocenters. The first-order valence-corrected chi connectivity index (χ1v) is 10.4. The fraction of sp³-hybridized carbons (Fsp3) is 0.500. The number of carbonyl (C=O) groups excluding carboxylic acids is 1. The predicted octanol–water partition coefficient (Wildman–Crippen LogP) is 3.89. The van der Waals surface area contributed by atoms with Crippen molar-refractivity contribution in [3.8, 4) is 0 Å². The first-order chi connectivity index (χ1) is 12.8. The number of hydrogen-bond donors (Lipinski definition) is 1. The van der Waals surface area contributed by atoms with E-state index >= 15 is 0 Å². The second-order valence-corrected chi connectivity index (χ2v) is 8.62. The fourth-order valence-corrected chi connectivity index (χ4v) is 4.99. The number of aliphatic hydroxyl groups excluding tert-OH is 1. The van der Waals surface area contributed by atoms with Crippen LogP contribution in [0.1, 0.15) is 30.4 Å². The summed E-state index contributed by atoms with van der Waals surface area (Å²) in [7, 11) is 0. The predicted molar refractivity (Wildman–Crippen MR) is 104 cm³/mol. The molecule has 3 heterocycles. The lowest BCUT2D eigenvalue weighted by Crippen LogP contribution is -2.31. The maximum absolute atomic E-state index is 11.8. The molecular weight excluding hydrogens is 413 g/mol. The summed E-state index contributed by atoms with van der Waals surface area (Å²) >= 11 is 13.9. The number of thioether (sulfide) groups is 1. The minimum atomic E-state index is -0.790. The smallest absolute Gasteiger partial charge is 0.164 e. The standard InChI is InChI=1S/C18H19Cl2NO5S/c1-18(2)25-14-13(7-23)24-16(15(14)26-18)21-12-5-11(20)10(19)4-8(12)9(6-22)17(21)27-3/h4-6,13-16,23H,7H2,1-3H3/t13-,14?,15?,16-/m1/s1. The third-order valence-corrected chi connectivity index (χ3v) is 6.43. The fourth-order valence-electron chi connectivity index (χ4n) is 3.89. The van der Waals surface area contributed by atoms with E-state index in [-0.39, 0.29) is 6.61 Å². The number of nitrogens with zero attached hydrogens (tertiary/aromatic N) is 1. The summed E-state index contributed by atoms with van der Waals surface area (Å²) in [5.74, 6) is -0.790. The van der Waals surface area contributed by atoms with Crippen LogP contribution in [0, 0.1) is 0 Å². The van der Waals surface area contributed by atoms with E-state index in [0.717, 1.165) is 6.29 Å². The molecule has 0 bridgehead atoms. The number of halogens is 2. The van der Waals surface area contributed by atoms with E-state index in [0.29, 0.717) is 31.5 Å². The molecule has 4 atom stereocenters. The average molecular weight is 432 g/mol. The molecule has 146 valence electrons. The third-order valence-electron chi connectivity index (χ3n) is 4.91. The van der Waals surface area contributed by atoms with Crippen molar-refractivity contribution in [2.45, 2.75) is 49.2 Å². The van der Waals surface area contributed by atoms with E-state index in [1.165, 1.54) is 11.8 Å². The van der Waals surface area contributed by atoms with Crippen LogP contribution in [-0.2, 0) is 14.2 Å². The van der Waals surface area contributed by atoms with Crippen LogP contribution in [0.3, 0.4) is 0 Å². The van der Waals surface area contributed by atoms with Gasteiger partial charge in [-0.15, -0.1) is 11.8 Å². The summed E-state index contributed by atoms with van der Waals surface area (Å²) in [5, 5.41) is 11.9. The highest BCUT2D eigenvalue weighted by atomic mass is 35.5. The van der Waals surface area contributed by atoms with Crippen LogP contribution < -0.4 is 0 Å². The van der Waals surface area contributed by atoms with Gasteiger partial charge in [0.15, 0.2) is 18.3 Å². The second-order valence-electron chi connectivity index (χ2n) is 7.01. The maximum atomic E-state index is 11.8. The first-order valence-electron chi connectivity index (χ1n) is 8.45. The van der Waals surface area contributed by atoms with Crippen LogP contribution in [0.4, 0.5) is 0 Å². The molecule has 2 aromatic rings. The molecule has 27 heavy (non-hydrogen) atoms. The maximum Gasteiger partial charge on any atom is 0.164 e. The number of hydrogen-bond acceptors (Lipinski definition) is 6. The summed E-state index contributed by atoms with van der Waals surface area (Å²) in [6, 6.07) is 3.41. The molecule has 1 N–H and O–H groups in total. The van der Waals surface area contributed by atoms with Gasteiger partial charge in [-0.2, -0.15) is 0 Å². The minimum Gasteiger partial charge on any atom is -0.394 e. The van der Waals surface area contributed by atoms with Crippen molar-refractivity contribution in [1.29, 1.82) is 0 Å². The molecule has 0 radical (unpaired) electrons. The Bertz CT molecular complexity index is 915. The average Bonchev–Trinajstić information content (AvgIpc) is 3.21. The van der Waals surface area contributed by atoms with Crippen molar-refractivity contribution >= 4 is 52.2 Å². The van der Waals surface area contributed by atoms with Crippen molar-refractivity contribution in [2.24, 2.45) is 0 Å². The van der Waals surface area contributed by atoms with Gasteiger partial charge in [-0.25, -0.2) is 0 Å². The molecule has 0 spiro atoms. The zero-order valence-corrected chi connectivity index (χ0v) is 17.3. The van der Waals surface area contributed by atoms with E-state index in [2.05, 4.69) is 0 Å². The molecular formula is C18H19Cl2NO5S. The zero-order valence-electron chi connectivity index (χ0n) is 14.9. The van der Waals surface area contributed by atoms with Gasteiger partial charge < -0.3 is 23.9 Å². The number of aldehydes is 1. The normalized spacial score (nSPS) is 29.4. The molecule has 0 saturated carbocycles. The number of benzene rings is 1. The van der Waals surface area contributed by atoms with Gasteiger partial charge in [-0.1, -0.05) is 23.2 Å². The Kier molecular flexibility index (Phi) is 5.00. The summed E-state index contributed by atoms with van der Waals surface area (Å²) in [6.07, 6.45) is 0.728. The molecule has 2 saturated heterocycles. The summed E-state index contributed by atoms with van der Waals surface area (Å²) < 4.78 is 20.0. The number of ether oxygens (including phenoxy) is 3. The van der Waals surface area contributed by atoms with E-state index in [9.17, 15) is 9.90 Å². The first kappa shape index (κ1) is 19.5. The Balaban J connectivity index is 1.93. The minimum absolute atomic E-state index is 0.196. The van der Waals surface area contributed by atoms with E-state index < -0.39 is 30.3 Å². The molecule has 9 heteroatoms. The van der Waals surface area contributed by atoms with Crippen LogP contribution in [-0.4, -0.2) is 52.9 Å². The molecule has 4 rings (SSSR count). The van der Waals surface area contributed by atoms with E-state index in [1.54, 1.807) is 12.1 Å². The highest BCUT2D eigenvalue weighted by molar-refractivity contribution is 7.98. The molecule has 0 aliphatic carbocycles. The molecule has 2 aliphatic rings. The van der Waals surface area contributed by atoms with E-state index in [1.807, 2.05) is 24.7 Å². The monoisotopic (exact) mass is 431 g/mol. The molecule has 1 aromatic heterocycles. The van der Waals surface area contributed by atoms with Gasteiger partial charge in [0.1, 0.15) is 18.3 Å². The van der Waals surface area contributed by atoms with Crippen LogP contribution in [0.25, 0.3) is 10.9 Å². The summed E-state index contributed by atoms with van der Waals surface area (Å²) in [5.41, 5.74) is 1.23. The molecule has 2 aliphatic heterocycles. The van der Waals surface area contributed by atoms with Crippen LogP contribution in [0.15, 0.2) is 17.2 Å². The van der Waals surface area contributed by atoms with Crippen molar-refractivity contribution in [3.05, 3.63) is 27.7 Å². The van der Waals surface area contributed by atoms with Gasteiger partial charge in [0, 0.05) is 5.39 Å². The van der Waals surface area contributed by atoms with Crippen LogP contribution in [0.2, 0.25) is 10.0 Å². The lowest BCUT2D eigenvalue weighted by molar-refractivity contribution is -0.200. The van der Waals surface area contributed by atoms with Crippen molar-refractivity contribution in [3.63, 3.8) is 0 Å². The Morgan fingerprint density at radius 3 is 2.56 bits per heavy atom. The highest BCUT2D eigenvalue weighted by Gasteiger charge is 2.56. The largest absolute Gasteiger partial charge is 0.394 e. The van der Waals surface area contributed by atoms with Gasteiger partial charge >= 0.3 is 0 Å². The van der Waals surface area contributed by atoms with E-state index in [4.69, 9.17) is 37.4 Å². The molecule has 2 fully saturated rings. The SMILES string of the molecule is CSc1c(C=O)c2cc(Cl)c(Cl)cc2n1[C@@H]1O[C@H](CO)C2OC(C)(C)OC21. The van der Waals surface area contributed by atoms with Crippen molar-refractivity contribution in [2.75, 3.05) is 12.9 Å². The number of aliphatic hydroxyl groups is 1. The Morgan fingerprint density at radius 2 is 1.93 bits per heavy atom. The van der Waals surface area contributed by atoms with Crippen molar-refractivity contribution < 1.29 is 24.1 Å². The lowest BCUT2D eigenvalue weighted by atomic mass is 10.1. The number of aromatic nitrogens is 1. The van der Waals surface area contributed by atoms with Crippen molar-refractivity contribution in [1.82, 2.24) is 4.57 Å². The summed E-state index contributed by atoms with van der Waals surface area (Å²) in [4.78, 5) is 11.8. The molecule has 6 nitrogen and oxygen atoms in total. The number of rotatable bonds is 4. The third kappa shape index (κ3) is 3.00. The number of fused-ring (bicyclic) bond motifs is 2. The quantitative estimate of drug-likeness (QED) is 0.584. The van der Waals surface area contributed by atoms with Gasteiger partial charge in [0.25, 0.3) is 0 Å². The topological polar surface area (TPSA) is 69.9 Å². The Morgan fingerprint density at radius 1 is 1.26 bits per heavy atom. The van der Waals surface area contributed by atoms with Gasteiger partial charge in [-0.3, -0.25) is 4.79 Å². The van der Waals surface area contributed by atoms with Crippen LogP contribution in [0.5, 0.6) is 0 Å². The van der Waals surface area contributed by atoms with Crippen LogP contribution >= 0.6 is 35.0 Å². The van der Waals surface area contributed by atoms with Gasteiger partial charge in [0.2, 0.25) is 0 Å². The molecule has 0 amide bonds. The number of carbonyl (C=O) groups is 1.